The Morgan fingerprint density at radius 3 is 2.46 bits per heavy atom. The monoisotopic (exact) mass is 464 g/mol. The molecule has 2 rings (SSSR count). The van der Waals surface area contributed by atoms with Gasteiger partial charge in [0, 0.05) is 22.6 Å². The van der Waals surface area contributed by atoms with E-state index in [-0.39, 0.29) is 18.2 Å². The molecule has 0 aliphatic carbocycles. The molecule has 2 amide bonds. The molecule has 2 aromatic carbocycles. The summed E-state index contributed by atoms with van der Waals surface area (Å²) < 4.78 is 0.931. The van der Waals surface area contributed by atoms with Gasteiger partial charge in [-0.25, -0.2) is 0 Å². The van der Waals surface area contributed by atoms with Gasteiger partial charge in [-0.3, -0.25) is 9.59 Å². The van der Waals surface area contributed by atoms with Crippen LogP contribution in [0.4, 0.5) is 0 Å². The van der Waals surface area contributed by atoms with Crippen molar-refractivity contribution in [2.24, 2.45) is 5.92 Å². The fourth-order valence-electron chi connectivity index (χ4n) is 2.77. The Morgan fingerprint density at radius 1 is 1.11 bits per heavy atom. The van der Waals surface area contributed by atoms with E-state index in [9.17, 15) is 9.59 Å². The van der Waals surface area contributed by atoms with Crippen molar-refractivity contribution < 1.29 is 9.59 Å². The topological polar surface area (TPSA) is 49.4 Å². The van der Waals surface area contributed by atoms with Gasteiger partial charge in [-0.05, 0) is 42.2 Å². The van der Waals surface area contributed by atoms with Crippen LogP contribution in [0.25, 0.3) is 0 Å². The Hall–Kier alpha value is -1.85. The predicted molar refractivity (Wildman–Crippen MR) is 117 cm³/mol. The molecule has 0 aliphatic rings. The van der Waals surface area contributed by atoms with Crippen LogP contribution in [0.1, 0.15) is 31.9 Å². The molecule has 28 heavy (non-hydrogen) atoms. The maximum absolute atomic E-state index is 13.1. The van der Waals surface area contributed by atoms with E-state index >= 15 is 0 Å². The van der Waals surface area contributed by atoms with Crippen LogP contribution >= 0.6 is 27.5 Å². The number of benzene rings is 2. The number of nitrogens with zero attached hydrogens (tertiary/aromatic N) is 1. The molecule has 0 saturated heterocycles. The molecule has 0 fully saturated rings. The summed E-state index contributed by atoms with van der Waals surface area (Å²) in [7, 11) is 0. The first-order valence-corrected chi connectivity index (χ1v) is 10.5. The summed E-state index contributed by atoms with van der Waals surface area (Å²) in [5, 5.41) is 3.47. The smallest absolute Gasteiger partial charge is 0.242 e. The minimum absolute atomic E-state index is 0.139. The minimum atomic E-state index is -0.590. The Bertz CT molecular complexity index is 826. The Balaban J connectivity index is 2.22. The SMILES string of the molecule is CC(C)CNC(=O)C(C)N(Cc1cccc(Br)c1)C(=O)Cc1ccccc1Cl. The summed E-state index contributed by atoms with van der Waals surface area (Å²) in [4.78, 5) is 27.4. The average Bonchev–Trinajstić information content (AvgIpc) is 2.65. The number of nitrogens with one attached hydrogen (secondary N) is 1. The zero-order chi connectivity index (χ0) is 20.7. The van der Waals surface area contributed by atoms with E-state index in [1.54, 1.807) is 17.9 Å². The zero-order valence-electron chi connectivity index (χ0n) is 16.4. The highest BCUT2D eigenvalue weighted by atomic mass is 79.9. The highest BCUT2D eigenvalue weighted by Gasteiger charge is 2.26. The number of amides is 2. The van der Waals surface area contributed by atoms with Crippen LogP contribution in [0.15, 0.2) is 53.0 Å². The summed E-state index contributed by atoms with van der Waals surface area (Å²) in [6, 6.07) is 14.4. The van der Waals surface area contributed by atoms with Gasteiger partial charge in [-0.15, -0.1) is 0 Å². The normalized spacial score (nSPS) is 11.9. The van der Waals surface area contributed by atoms with Crippen molar-refractivity contribution >= 4 is 39.3 Å². The van der Waals surface area contributed by atoms with Gasteiger partial charge in [-0.2, -0.15) is 0 Å². The first-order chi connectivity index (χ1) is 13.3. The van der Waals surface area contributed by atoms with Gasteiger partial charge in [0.1, 0.15) is 6.04 Å². The van der Waals surface area contributed by atoms with Crippen LogP contribution in [0.5, 0.6) is 0 Å². The van der Waals surface area contributed by atoms with Gasteiger partial charge >= 0.3 is 0 Å². The summed E-state index contributed by atoms with van der Waals surface area (Å²) in [5.74, 6) is 0.0463. The van der Waals surface area contributed by atoms with E-state index in [1.165, 1.54) is 0 Å². The van der Waals surface area contributed by atoms with Crippen molar-refractivity contribution in [2.45, 2.75) is 39.8 Å². The highest BCUT2D eigenvalue weighted by molar-refractivity contribution is 9.10. The molecule has 2 aromatic rings. The molecule has 6 heteroatoms. The maximum atomic E-state index is 13.1. The fourth-order valence-corrected chi connectivity index (χ4v) is 3.42. The van der Waals surface area contributed by atoms with E-state index in [0.717, 1.165) is 15.6 Å². The second kappa shape index (κ2) is 10.6. The van der Waals surface area contributed by atoms with Gasteiger partial charge in [0.2, 0.25) is 11.8 Å². The van der Waals surface area contributed by atoms with Gasteiger partial charge in [0.25, 0.3) is 0 Å². The maximum Gasteiger partial charge on any atom is 0.242 e. The molecule has 1 unspecified atom stereocenters. The minimum Gasteiger partial charge on any atom is -0.354 e. The van der Waals surface area contributed by atoms with Crippen molar-refractivity contribution in [3.05, 3.63) is 69.2 Å². The molecule has 0 spiro atoms. The molecule has 0 radical (unpaired) electrons. The second-order valence-electron chi connectivity index (χ2n) is 7.23. The summed E-state index contributed by atoms with van der Waals surface area (Å²) in [6.45, 7) is 6.75. The lowest BCUT2D eigenvalue weighted by molar-refractivity contribution is -0.140. The quantitative estimate of drug-likeness (QED) is 0.607. The Kier molecular flexibility index (Phi) is 8.52. The average molecular weight is 466 g/mol. The standard InChI is InChI=1S/C22H26BrClN2O2/c1-15(2)13-25-22(28)16(3)26(14-17-7-6-9-19(23)11-17)21(27)12-18-8-4-5-10-20(18)24/h4-11,15-16H,12-14H2,1-3H3,(H,25,28). The molecule has 1 N–H and O–H groups in total. The number of halogens is 2. The van der Waals surface area contributed by atoms with Crippen LogP contribution in [-0.2, 0) is 22.6 Å². The van der Waals surface area contributed by atoms with Gasteiger partial charge in [0.15, 0.2) is 0 Å². The summed E-state index contributed by atoms with van der Waals surface area (Å²) in [5.41, 5.74) is 1.70. The third kappa shape index (κ3) is 6.64. The molecular formula is C22H26BrClN2O2. The summed E-state index contributed by atoms with van der Waals surface area (Å²) in [6.07, 6.45) is 0.148. The number of rotatable bonds is 8. The van der Waals surface area contributed by atoms with E-state index in [0.29, 0.717) is 24.0 Å². The largest absolute Gasteiger partial charge is 0.354 e. The third-order valence-electron chi connectivity index (χ3n) is 4.39. The number of hydrogen-bond donors (Lipinski definition) is 1. The van der Waals surface area contributed by atoms with Crippen LogP contribution in [0, 0.1) is 5.92 Å². The van der Waals surface area contributed by atoms with E-state index in [2.05, 4.69) is 21.2 Å². The lowest BCUT2D eigenvalue weighted by Gasteiger charge is -2.29. The molecule has 0 aromatic heterocycles. The van der Waals surface area contributed by atoms with Gasteiger partial charge in [-0.1, -0.05) is 71.7 Å². The molecule has 1 atom stereocenters. The number of carbonyl (C=O) groups is 2. The predicted octanol–water partition coefficient (Wildman–Crippen LogP) is 4.83. The number of carbonyl (C=O) groups excluding carboxylic acids is 2. The Morgan fingerprint density at radius 2 is 1.82 bits per heavy atom. The van der Waals surface area contributed by atoms with Crippen molar-refractivity contribution in [1.29, 1.82) is 0 Å². The van der Waals surface area contributed by atoms with Crippen molar-refractivity contribution in [3.63, 3.8) is 0 Å². The summed E-state index contributed by atoms with van der Waals surface area (Å²) >= 11 is 9.68. The van der Waals surface area contributed by atoms with Crippen LogP contribution in [0.3, 0.4) is 0 Å². The molecule has 150 valence electrons. The molecule has 4 nitrogen and oxygen atoms in total. The van der Waals surface area contributed by atoms with Crippen LogP contribution < -0.4 is 5.32 Å². The second-order valence-corrected chi connectivity index (χ2v) is 8.56. The van der Waals surface area contributed by atoms with Crippen molar-refractivity contribution in [3.8, 4) is 0 Å². The first-order valence-electron chi connectivity index (χ1n) is 9.33. The highest BCUT2D eigenvalue weighted by Crippen LogP contribution is 2.19. The van der Waals surface area contributed by atoms with Gasteiger partial charge in [0.05, 0.1) is 6.42 Å². The van der Waals surface area contributed by atoms with Crippen molar-refractivity contribution in [2.75, 3.05) is 6.54 Å². The van der Waals surface area contributed by atoms with Crippen LogP contribution in [-0.4, -0.2) is 29.3 Å². The first kappa shape index (κ1) is 22.4. The number of hydrogen-bond acceptors (Lipinski definition) is 2. The molecular weight excluding hydrogens is 440 g/mol. The van der Waals surface area contributed by atoms with Crippen LogP contribution in [0.2, 0.25) is 5.02 Å². The van der Waals surface area contributed by atoms with E-state index in [4.69, 9.17) is 11.6 Å². The zero-order valence-corrected chi connectivity index (χ0v) is 18.8. The third-order valence-corrected chi connectivity index (χ3v) is 5.26. The lowest BCUT2D eigenvalue weighted by Crippen LogP contribution is -2.48. The Labute approximate surface area is 180 Å². The molecule has 0 saturated carbocycles. The van der Waals surface area contributed by atoms with E-state index < -0.39 is 6.04 Å². The van der Waals surface area contributed by atoms with Gasteiger partial charge < -0.3 is 10.2 Å². The molecule has 0 bridgehead atoms. The van der Waals surface area contributed by atoms with E-state index in [1.807, 2.05) is 56.3 Å². The molecule has 0 heterocycles. The van der Waals surface area contributed by atoms with Crippen molar-refractivity contribution in [1.82, 2.24) is 10.2 Å². The molecule has 0 aliphatic heterocycles. The lowest BCUT2D eigenvalue weighted by atomic mass is 10.1. The fraction of sp³-hybridized carbons (Fsp3) is 0.364.